The molecule has 98 valence electrons. The maximum atomic E-state index is 12.2. The Kier molecular flexibility index (Phi) is 4.12. The molecule has 0 saturated carbocycles. The Balaban J connectivity index is 2.31. The fourth-order valence-electron chi connectivity index (χ4n) is 1.68. The van der Waals surface area contributed by atoms with Gasteiger partial charge in [-0.25, -0.2) is 0 Å². The Morgan fingerprint density at radius 2 is 2.05 bits per heavy atom. The van der Waals surface area contributed by atoms with Gasteiger partial charge in [0.25, 0.3) is 5.91 Å². The van der Waals surface area contributed by atoms with E-state index in [1.807, 2.05) is 13.0 Å². The maximum Gasteiger partial charge on any atom is 0.256 e. The molecule has 2 aromatic carbocycles. The summed E-state index contributed by atoms with van der Waals surface area (Å²) in [6.45, 7) is 1.81. The molecule has 2 aromatic rings. The van der Waals surface area contributed by atoms with Gasteiger partial charge in [0.2, 0.25) is 0 Å². The molecule has 3 N–H and O–H groups in total. The second-order valence-corrected chi connectivity index (χ2v) is 5.42. The Morgan fingerprint density at radius 3 is 2.79 bits per heavy atom. The normalized spacial score (nSPS) is 10.3. The van der Waals surface area contributed by atoms with Gasteiger partial charge in [0.15, 0.2) is 0 Å². The molecule has 0 heterocycles. The largest absolute Gasteiger partial charge is 0.398 e. The molecular weight excluding hydrogens is 328 g/mol. The topological polar surface area (TPSA) is 55.1 Å². The van der Waals surface area contributed by atoms with Crippen molar-refractivity contribution in [2.45, 2.75) is 6.92 Å². The molecule has 2 rings (SSSR count). The number of carbonyl (C=O) groups is 1. The quantitative estimate of drug-likeness (QED) is 0.804. The van der Waals surface area contributed by atoms with Crippen LogP contribution in [-0.4, -0.2) is 5.91 Å². The second-order valence-electron chi connectivity index (χ2n) is 4.10. The SMILES string of the molecule is Cc1c(N)cccc1C(=O)Nc1cc(Br)ccc1Cl. The van der Waals surface area contributed by atoms with Crippen molar-refractivity contribution in [3.8, 4) is 0 Å². The van der Waals surface area contributed by atoms with Crippen molar-refractivity contribution in [3.05, 3.63) is 57.0 Å². The average molecular weight is 340 g/mol. The van der Waals surface area contributed by atoms with Gasteiger partial charge in [-0.15, -0.1) is 0 Å². The first-order valence-electron chi connectivity index (χ1n) is 5.60. The summed E-state index contributed by atoms with van der Waals surface area (Å²) in [5, 5.41) is 3.26. The number of benzene rings is 2. The van der Waals surface area contributed by atoms with Crippen LogP contribution in [-0.2, 0) is 0 Å². The van der Waals surface area contributed by atoms with Gasteiger partial charge in [0.05, 0.1) is 10.7 Å². The van der Waals surface area contributed by atoms with Crippen LogP contribution < -0.4 is 11.1 Å². The van der Waals surface area contributed by atoms with Crippen molar-refractivity contribution in [3.63, 3.8) is 0 Å². The lowest BCUT2D eigenvalue weighted by molar-refractivity contribution is 0.102. The summed E-state index contributed by atoms with van der Waals surface area (Å²) in [5.74, 6) is -0.232. The number of carbonyl (C=O) groups excluding carboxylic acids is 1. The number of nitrogen functional groups attached to an aromatic ring is 1. The second kappa shape index (κ2) is 5.63. The number of rotatable bonds is 2. The third-order valence-electron chi connectivity index (χ3n) is 2.80. The number of nitrogens with one attached hydrogen (secondary N) is 1. The van der Waals surface area contributed by atoms with E-state index >= 15 is 0 Å². The average Bonchev–Trinajstić information content (AvgIpc) is 2.37. The van der Waals surface area contributed by atoms with Crippen LogP contribution in [0.4, 0.5) is 11.4 Å². The first kappa shape index (κ1) is 13.9. The highest BCUT2D eigenvalue weighted by Crippen LogP contribution is 2.26. The zero-order chi connectivity index (χ0) is 14.0. The molecule has 1 amide bonds. The molecule has 19 heavy (non-hydrogen) atoms. The van der Waals surface area contributed by atoms with Crippen LogP contribution >= 0.6 is 27.5 Å². The minimum absolute atomic E-state index is 0.232. The number of hydrogen-bond acceptors (Lipinski definition) is 2. The number of anilines is 2. The van der Waals surface area contributed by atoms with Crippen molar-refractivity contribution in [1.82, 2.24) is 0 Å². The fourth-order valence-corrected chi connectivity index (χ4v) is 2.21. The molecule has 0 aliphatic heterocycles. The fraction of sp³-hybridized carbons (Fsp3) is 0.0714. The van der Waals surface area contributed by atoms with E-state index in [9.17, 15) is 4.79 Å². The van der Waals surface area contributed by atoms with Gasteiger partial charge in [-0.05, 0) is 42.8 Å². The molecule has 3 nitrogen and oxygen atoms in total. The van der Waals surface area contributed by atoms with E-state index in [0.29, 0.717) is 22.0 Å². The minimum Gasteiger partial charge on any atom is -0.398 e. The van der Waals surface area contributed by atoms with E-state index in [1.54, 1.807) is 30.3 Å². The number of halogens is 2. The first-order valence-corrected chi connectivity index (χ1v) is 6.77. The van der Waals surface area contributed by atoms with Crippen LogP contribution in [0.3, 0.4) is 0 Å². The highest BCUT2D eigenvalue weighted by atomic mass is 79.9. The van der Waals surface area contributed by atoms with E-state index in [4.69, 9.17) is 17.3 Å². The molecule has 0 unspecified atom stereocenters. The lowest BCUT2D eigenvalue weighted by Gasteiger charge is -2.10. The van der Waals surface area contributed by atoms with Crippen LogP contribution in [0.5, 0.6) is 0 Å². The summed E-state index contributed by atoms with van der Waals surface area (Å²) in [6.07, 6.45) is 0. The molecule has 0 aliphatic carbocycles. The molecule has 0 aliphatic rings. The zero-order valence-corrected chi connectivity index (χ0v) is 12.5. The van der Waals surface area contributed by atoms with Gasteiger partial charge in [0, 0.05) is 15.7 Å². The van der Waals surface area contributed by atoms with Crippen molar-refractivity contribution < 1.29 is 4.79 Å². The molecule has 0 atom stereocenters. The van der Waals surface area contributed by atoms with Gasteiger partial charge in [-0.3, -0.25) is 4.79 Å². The Bertz CT molecular complexity index is 643. The number of amides is 1. The molecule has 0 saturated heterocycles. The monoisotopic (exact) mass is 338 g/mol. The van der Waals surface area contributed by atoms with Gasteiger partial charge >= 0.3 is 0 Å². The summed E-state index contributed by atoms with van der Waals surface area (Å²) < 4.78 is 0.844. The zero-order valence-electron chi connectivity index (χ0n) is 10.2. The van der Waals surface area contributed by atoms with Crippen LogP contribution in [0.1, 0.15) is 15.9 Å². The standard InChI is InChI=1S/C14H12BrClN2O/c1-8-10(3-2-4-12(8)17)14(19)18-13-7-9(15)5-6-11(13)16/h2-7H,17H2,1H3,(H,18,19). The molecule has 5 heteroatoms. The molecule has 0 spiro atoms. The number of nitrogens with two attached hydrogens (primary N) is 1. The van der Waals surface area contributed by atoms with Crippen molar-refractivity contribution in [1.29, 1.82) is 0 Å². The van der Waals surface area contributed by atoms with Gasteiger partial charge in [0.1, 0.15) is 0 Å². The molecule has 0 bridgehead atoms. The lowest BCUT2D eigenvalue weighted by Crippen LogP contribution is -2.14. The van der Waals surface area contributed by atoms with E-state index < -0.39 is 0 Å². The summed E-state index contributed by atoms with van der Waals surface area (Å²) >= 11 is 9.38. The summed E-state index contributed by atoms with van der Waals surface area (Å²) in [4.78, 5) is 12.2. The maximum absolute atomic E-state index is 12.2. The molecule has 0 fully saturated rings. The first-order chi connectivity index (χ1) is 8.99. The van der Waals surface area contributed by atoms with Crippen LogP contribution in [0, 0.1) is 6.92 Å². The third kappa shape index (κ3) is 3.08. The number of hydrogen-bond donors (Lipinski definition) is 2. The summed E-state index contributed by atoms with van der Waals surface area (Å²) in [5.41, 5.74) is 8.23. The minimum atomic E-state index is -0.232. The van der Waals surface area contributed by atoms with Crippen molar-refractivity contribution in [2.75, 3.05) is 11.1 Å². The third-order valence-corrected chi connectivity index (χ3v) is 3.62. The van der Waals surface area contributed by atoms with Crippen LogP contribution in [0.25, 0.3) is 0 Å². The van der Waals surface area contributed by atoms with E-state index in [1.165, 1.54) is 0 Å². The van der Waals surface area contributed by atoms with E-state index in [0.717, 1.165) is 10.0 Å². The smallest absolute Gasteiger partial charge is 0.256 e. The van der Waals surface area contributed by atoms with Gasteiger partial charge in [-0.2, -0.15) is 0 Å². The van der Waals surface area contributed by atoms with Gasteiger partial charge < -0.3 is 11.1 Å². The van der Waals surface area contributed by atoms with Gasteiger partial charge in [-0.1, -0.05) is 33.6 Å². The molecular formula is C14H12BrClN2O. The van der Waals surface area contributed by atoms with Crippen molar-refractivity contribution >= 4 is 44.8 Å². The highest BCUT2D eigenvalue weighted by molar-refractivity contribution is 9.10. The predicted molar refractivity (Wildman–Crippen MR) is 82.7 cm³/mol. The lowest BCUT2D eigenvalue weighted by atomic mass is 10.1. The van der Waals surface area contributed by atoms with E-state index in [2.05, 4.69) is 21.2 Å². The van der Waals surface area contributed by atoms with Crippen molar-refractivity contribution in [2.24, 2.45) is 0 Å². The Morgan fingerprint density at radius 1 is 1.32 bits per heavy atom. The highest BCUT2D eigenvalue weighted by Gasteiger charge is 2.12. The predicted octanol–water partition coefficient (Wildman–Crippen LogP) is 4.25. The Labute approximate surface area is 124 Å². The van der Waals surface area contributed by atoms with Crippen LogP contribution in [0.15, 0.2) is 40.9 Å². The Hall–Kier alpha value is -1.52. The molecule has 0 radical (unpaired) electrons. The summed E-state index contributed by atoms with van der Waals surface area (Å²) in [6, 6.07) is 10.5. The summed E-state index contributed by atoms with van der Waals surface area (Å²) in [7, 11) is 0. The van der Waals surface area contributed by atoms with Crippen LogP contribution in [0.2, 0.25) is 5.02 Å². The molecule has 0 aromatic heterocycles. The van der Waals surface area contributed by atoms with E-state index in [-0.39, 0.29) is 5.91 Å².